The third kappa shape index (κ3) is 4.85. The van der Waals surface area contributed by atoms with Crippen molar-refractivity contribution in [2.75, 3.05) is 13.2 Å². The topological polar surface area (TPSA) is 76.4 Å². The van der Waals surface area contributed by atoms with Gasteiger partial charge in [0.25, 0.3) is 0 Å². The smallest absolute Gasteiger partial charge is 0.247 e. The Bertz CT molecular complexity index is 615. The summed E-state index contributed by atoms with van der Waals surface area (Å²) in [7, 11) is 0. The lowest BCUT2D eigenvalue weighted by Crippen LogP contribution is -2.61. The summed E-state index contributed by atoms with van der Waals surface area (Å²) in [6.07, 6.45) is 0. The second-order valence-corrected chi connectivity index (χ2v) is 6.26. The minimum Gasteiger partial charge on any atom is -0.378 e. The monoisotopic (exact) mass is 341 g/mol. The van der Waals surface area contributed by atoms with Gasteiger partial charge in [0.05, 0.1) is 13.2 Å². The molecule has 25 heavy (non-hydrogen) atoms. The zero-order chi connectivity index (χ0) is 17.5. The van der Waals surface area contributed by atoms with E-state index in [-0.39, 0.29) is 17.0 Å². The van der Waals surface area contributed by atoms with Gasteiger partial charge in [0.1, 0.15) is 12.1 Å². The van der Waals surface area contributed by atoms with Crippen LogP contribution in [0.15, 0.2) is 60.7 Å². The zero-order valence-corrected chi connectivity index (χ0v) is 14.0. The molecule has 2 unspecified atom stereocenters. The molecule has 2 aromatic carbocycles. The lowest BCUT2D eigenvalue weighted by atomic mass is 9.98. The molecule has 2 N–H and O–H groups in total. The van der Waals surface area contributed by atoms with Crippen molar-refractivity contribution in [3.63, 3.8) is 0 Å². The number of nitrogens with one attached hydrogen (secondary N) is 2. The maximum Gasteiger partial charge on any atom is 0.247 e. The van der Waals surface area contributed by atoms with Crippen LogP contribution in [0.5, 0.6) is 0 Å². The normalized spacial score (nSPS) is 23.3. The van der Waals surface area contributed by atoms with Crippen LogP contribution in [0, 0.1) is 10.1 Å². The Kier molecular flexibility index (Phi) is 6.11. The van der Waals surface area contributed by atoms with Crippen molar-refractivity contribution in [2.45, 2.75) is 31.2 Å². The Morgan fingerprint density at radius 2 is 1.32 bits per heavy atom. The van der Waals surface area contributed by atoms with Crippen molar-refractivity contribution in [2.24, 2.45) is 0 Å². The first-order chi connectivity index (χ1) is 12.2. The minimum atomic E-state index is -0.721. The molecule has 2 aromatic rings. The van der Waals surface area contributed by atoms with Gasteiger partial charge in [-0.25, -0.2) is 0 Å². The summed E-state index contributed by atoms with van der Waals surface area (Å²) in [5.74, 6) is 0. The lowest BCUT2D eigenvalue weighted by molar-refractivity contribution is -0.537. The first-order valence-corrected chi connectivity index (χ1v) is 8.50. The zero-order valence-electron chi connectivity index (χ0n) is 14.0. The van der Waals surface area contributed by atoms with Crippen molar-refractivity contribution in [1.29, 1.82) is 0 Å². The molecule has 1 saturated heterocycles. The fourth-order valence-corrected chi connectivity index (χ4v) is 3.14. The first-order valence-electron chi connectivity index (χ1n) is 8.50. The van der Waals surface area contributed by atoms with Gasteiger partial charge in [-0.05, 0) is 11.1 Å². The number of nitro groups is 1. The van der Waals surface area contributed by atoms with E-state index in [4.69, 9.17) is 4.74 Å². The van der Waals surface area contributed by atoms with Gasteiger partial charge >= 0.3 is 0 Å². The van der Waals surface area contributed by atoms with Gasteiger partial charge < -0.3 is 15.4 Å². The molecule has 0 bridgehead atoms. The standard InChI is InChI=1S/C19H23N3O3/c23-22(24)19-17(20-11-15-7-3-1-4-8-15)13-25-14-18(19)21-12-16-9-5-2-6-10-16/h1-10,17-21H,11-14H2. The van der Waals surface area contributed by atoms with E-state index < -0.39 is 6.04 Å². The number of hydrogen-bond donors (Lipinski definition) is 2. The summed E-state index contributed by atoms with van der Waals surface area (Å²) in [5, 5.41) is 18.2. The molecule has 0 radical (unpaired) electrons. The third-order valence-electron chi connectivity index (χ3n) is 4.49. The minimum absolute atomic E-state index is 0.187. The molecule has 2 atom stereocenters. The second-order valence-electron chi connectivity index (χ2n) is 6.26. The maximum absolute atomic E-state index is 11.7. The van der Waals surface area contributed by atoms with Crippen LogP contribution in [0.25, 0.3) is 0 Å². The van der Waals surface area contributed by atoms with E-state index >= 15 is 0 Å². The van der Waals surface area contributed by atoms with Crippen molar-refractivity contribution < 1.29 is 9.66 Å². The van der Waals surface area contributed by atoms with E-state index in [1.165, 1.54) is 0 Å². The van der Waals surface area contributed by atoms with Gasteiger partial charge in [0.2, 0.25) is 6.04 Å². The molecule has 6 heteroatoms. The van der Waals surface area contributed by atoms with E-state index in [2.05, 4.69) is 10.6 Å². The van der Waals surface area contributed by atoms with Crippen molar-refractivity contribution in [1.82, 2.24) is 10.6 Å². The molecular weight excluding hydrogens is 318 g/mol. The van der Waals surface area contributed by atoms with E-state index in [1.807, 2.05) is 60.7 Å². The van der Waals surface area contributed by atoms with Crippen LogP contribution in [0.4, 0.5) is 0 Å². The van der Waals surface area contributed by atoms with Gasteiger partial charge in [-0.3, -0.25) is 10.1 Å². The van der Waals surface area contributed by atoms with E-state index in [1.54, 1.807) is 0 Å². The molecule has 1 fully saturated rings. The fraction of sp³-hybridized carbons (Fsp3) is 0.368. The maximum atomic E-state index is 11.7. The average molecular weight is 341 g/mol. The predicted octanol–water partition coefficient (Wildman–Crippen LogP) is 1.98. The first kappa shape index (κ1) is 17.5. The highest BCUT2D eigenvalue weighted by Crippen LogP contribution is 2.14. The second kappa shape index (κ2) is 8.71. The van der Waals surface area contributed by atoms with Gasteiger partial charge in [-0.2, -0.15) is 0 Å². The van der Waals surface area contributed by atoms with Crippen molar-refractivity contribution in [3.8, 4) is 0 Å². The van der Waals surface area contributed by atoms with Gasteiger partial charge in [-0.1, -0.05) is 60.7 Å². The van der Waals surface area contributed by atoms with Crippen LogP contribution in [0.3, 0.4) is 0 Å². The highest BCUT2D eigenvalue weighted by Gasteiger charge is 2.42. The average Bonchev–Trinajstić information content (AvgIpc) is 2.66. The Labute approximate surface area is 147 Å². The van der Waals surface area contributed by atoms with Gasteiger partial charge in [-0.15, -0.1) is 0 Å². The Morgan fingerprint density at radius 1 is 0.880 bits per heavy atom. The molecule has 6 nitrogen and oxygen atoms in total. The summed E-state index contributed by atoms with van der Waals surface area (Å²) >= 11 is 0. The van der Waals surface area contributed by atoms with E-state index in [0.717, 1.165) is 11.1 Å². The summed E-state index contributed by atoms with van der Waals surface area (Å²) in [6.45, 7) is 1.87. The molecule has 1 aliphatic rings. The molecular formula is C19H23N3O3. The molecule has 0 aromatic heterocycles. The van der Waals surface area contributed by atoms with Gasteiger partial charge in [0.15, 0.2) is 0 Å². The highest BCUT2D eigenvalue weighted by atomic mass is 16.6. The highest BCUT2D eigenvalue weighted by molar-refractivity contribution is 5.15. The summed E-state index contributed by atoms with van der Waals surface area (Å²) < 4.78 is 5.62. The van der Waals surface area contributed by atoms with Crippen LogP contribution in [-0.4, -0.2) is 36.3 Å². The van der Waals surface area contributed by atoms with Crippen molar-refractivity contribution >= 4 is 0 Å². The van der Waals surface area contributed by atoms with Crippen LogP contribution in [0.1, 0.15) is 11.1 Å². The summed E-state index contributed by atoms with van der Waals surface area (Å²) in [4.78, 5) is 11.5. The third-order valence-corrected chi connectivity index (χ3v) is 4.49. The molecule has 1 heterocycles. The number of rotatable bonds is 7. The van der Waals surface area contributed by atoms with Gasteiger partial charge in [0, 0.05) is 18.0 Å². The van der Waals surface area contributed by atoms with Crippen LogP contribution < -0.4 is 10.6 Å². The predicted molar refractivity (Wildman–Crippen MR) is 95.7 cm³/mol. The molecule has 132 valence electrons. The Hall–Kier alpha value is -2.28. The summed E-state index contributed by atoms with van der Waals surface area (Å²) in [6, 6.07) is 18.4. The quantitative estimate of drug-likeness (QED) is 0.595. The molecule has 0 saturated carbocycles. The number of ether oxygens (including phenoxy) is 1. The molecule has 3 rings (SSSR count). The lowest BCUT2D eigenvalue weighted by Gasteiger charge is -2.33. The summed E-state index contributed by atoms with van der Waals surface area (Å²) in [5.41, 5.74) is 2.20. The number of nitrogens with zero attached hydrogens (tertiary/aromatic N) is 1. The Morgan fingerprint density at radius 3 is 1.72 bits per heavy atom. The van der Waals surface area contributed by atoms with Crippen LogP contribution in [-0.2, 0) is 17.8 Å². The van der Waals surface area contributed by atoms with Crippen LogP contribution in [0.2, 0.25) is 0 Å². The Balaban J connectivity index is 1.61. The fourth-order valence-electron chi connectivity index (χ4n) is 3.14. The number of benzene rings is 2. The van der Waals surface area contributed by atoms with E-state index in [0.29, 0.717) is 26.3 Å². The van der Waals surface area contributed by atoms with E-state index in [9.17, 15) is 10.1 Å². The molecule has 0 amide bonds. The van der Waals surface area contributed by atoms with Crippen LogP contribution >= 0.6 is 0 Å². The SMILES string of the molecule is O=[N+]([O-])C1C(NCc2ccccc2)COCC1NCc1ccccc1. The van der Waals surface area contributed by atoms with Crippen molar-refractivity contribution in [3.05, 3.63) is 81.9 Å². The number of hydrogen-bond acceptors (Lipinski definition) is 5. The molecule has 0 spiro atoms. The largest absolute Gasteiger partial charge is 0.378 e. The molecule has 1 aliphatic heterocycles. The molecule has 0 aliphatic carbocycles.